The highest BCUT2D eigenvalue weighted by Crippen LogP contribution is 2.15. The third kappa shape index (κ3) is 2.12. The van der Waals surface area contributed by atoms with Gasteiger partial charge in [0.2, 0.25) is 11.9 Å². The van der Waals surface area contributed by atoms with E-state index in [-0.39, 0.29) is 11.9 Å². The van der Waals surface area contributed by atoms with Crippen LogP contribution in [0.1, 0.15) is 0 Å². The van der Waals surface area contributed by atoms with Gasteiger partial charge in [0.1, 0.15) is 6.04 Å². The maximum Gasteiger partial charge on any atom is 0.246 e. The molecule has 1 fully saturated rings. The first-order chi connectivity index (χ1) is 9.29. The summed E-state index contributed by atoms with van der Waals surface area (Å²) in [5.41, 5.74) is 0.784. The minimum Gasteiger partial charge on any atom is -0.357 e. The van der Waals surface area contributed by atoms with Crippen LogP contribution in [-0.2, 0) is 4.79 Å². The first kappa shape index (κ1) is 11.9. The zero-order valence-corrected chi connectivity index (χ0v) is 10.7. The van der Waals surface area contributed by atoms with Crippen molar-refractivity contribution in [1.82, 2.24) is 25.2 Å². The number of nitrogens with zero attached hydrogens (tertiary/aromatic N) is 4. The van der Waals surface area contributed by atoms with Gasteiger partial charge in [0, 0.05) is 32.9 Å². The molecule has 1 aliphatic heterocycles. The Morgan fingerprint density at radius 2 is 2.42 bits per heavy atom. The molecule has 3 heterocycles. The van der Waals surface area contributed by atoms with Crippen LogP contribution < -0.4 is 15.5 Å². The molecule has 2 aromatic rings. The van der Waals surface area contributed by atoms with Gasteiger partial charge in [-0.2, -0.15) is 4.98 Å². The molecule has 1 saturated heterocycles. The first-order valence-corrected chi connectivity index (χ1v) is 6.30. The zero-order chi connectivity index (χ0) is 13.2. The lowest BCUT2D eigenvalue weighted by atomic mass is 10.2. The Hall–Kier alpha value is -2.15. The highest BCUT2D eigenvalue weighted by molar-refractivity contribution is 5.85. The lowest BCUT2D eigenvalue weighted by Gasteiger charge is -2.33. The molecule has 7 heteroatoms. The van der Waals surface area contributed by atoms with Crippen LogP contribution in [0.4, 0.5) is 5.95 Å². The van der Waals surface area contributed by atoms with Gasteiger partial charge < -0.3 is 15.5 Å². The molecule has 7 nitrogen and oxygen atoms in total. The molecule has 1 unspecified atom stereocenters. The molecule has 0 radical (unpaired) electrons. The van der Waals surface area contributed by atoms with Crippen LogP contribution in [0.25, 0.3) is 5.65 Å². The number of nitrogens with one attached hydrogen (secondary N) is 2. The number of likely N-dealkylation sites (N-methyl/N-ethyl adjacent to an activating group) is 1. The summed E-state index contributed by atoms with van der Waals surface area (Å²) in [4.78, 5) is 18.3. The van der Waals surface area contributed by atoms with Crippen molar-refractivity contribution in [3.8, 4) is 0 Å². The van der Waals surface area contributed by atoms with Crippen molar-refractivity contribution in [3.63, 3.8) is 0 Å². The molecule has 0 spiro atoms. The molecule has 2 N–H and O–H groups in total. The molecule has 3 rings (SSSR count). The quantitative estimate of drug-likeness (QED) is 0.743. The minimum atomic E-state index is -0.267. The number of carbonyl (C=O) groups is 1. The molecule has 0 aliphatic carbocycles. The van der Waals surface area contributed by atoms with Crippen LogP contribution in [0, 0.1) is 0 Å². The standard InChI is InChI=1S/C12H16N6O/c1-13-11(19)9-8-14-5-7-17(9)12-15-10-4-2-3-6-18(10)16-12/h2-4,6,9,14H,5,7-8H2,1H3,(H,13,19). The minimum absolute atomic E-state index is 0.0222. The molecule has 100 valence electrons. The third-order valence-corrected chi connectivity index (χ3v) is 3.28. The van der Waals surface area contributed by atoms with Crippen LogP contribution in [0.2, 0.25) is 0 Å². The molecule has 0 bridgehead atoms. The highest BCUT2D eigenvalue weighted by atomic mass is 16.2. The van der Waals surface area contributed by atoms with Gasteiger partial charge in [0.15, 0.2) is 5.65 Å². The molecular weight excluding hydrogens is 244 g/mol. The highest BCUT2D eigenvalue weighted by Gasteiger charge is 2.30. The second kappa shape index (κ2) is 4.85. The van der Waals surface area contributed by atoms with Crippen molar-refractivity contribution in [2.45, 2.75) is 6.04 Å². The Bertz CT molecular complexity index is 562. The molecule has 1 aliphatic rings. The van der Waals surface area contributed by atoms with Crippen molar-refractivity contribution >= 4 is 17.5 Å². The topological polar surface area (TPSA) is 74.6 Å². The maximum atomic E-state index is 11.9. The SMILES string of the molecule is CNC(=O)C1CNCCN1c1nc2ccccn2n1. The Morgan fingerprint density at radius 3 is 3.21 bits per heavy atom. The van der Waals surface area contributed by atoms with E-state index in [2.05, 4.69) is 20.7 Å². The number of fused-ring (bicyclic) bond motifs is 1. The van der Waals surface area contributed by atoms with Crippen molar-refractivity contribution in [3.05, 3.63) is 24.4 Å². The predicted molar refractivity (Wildman–Crippen MR) is 71.1 cm³/mol. The summed E-state index contributed by atoms with van der Waals surface area (Å²) in [6.07, 6.45) is 1.85. The van der Waals surface area contributed by atoms with Crippen molar-refractivity contribution in [2.24, 2.45) is 0 Å². The predicted octanol–water partition coefficient (Wildman–Crippen LogP) is -0.746. The number of carbonyl (C=O) groups excluding carboxylic acids is 1. The largest absolute Gasteiger partial charge is 0.357 e. The van der Waals surface area contributed by atoms with Gasteiger partial charge in [-0.3, -0.25) is 4.79 Å². The third-order valence-electron chi connectivity index (χ3n) is 3.28. The zero-order valence-electron chi connectivity index (χ0n) is 10.7. The van der Waals surface area contributed by atoms with E-state index in [1.807, 2.05) is 29.3 Å². The number of piperazine rings is 1. The maximum absolute atomic E-state index is 11.9. The van der Waals surface area contributed by atoms with E-state index in [1.54, 1.807) is 11.6 Å². The van der Waals surface area contributed by atoms with E-state index < -0.39 is 0 Å². The average molecular weight is 260 g/mol. The Morgan fingerprint density at radius 1 is 1.53 bits per heavy atom. The smallest absolute Gasteiger partial charge is 0.246 e. The molecule has 2 aromatic heterocycles. The summed E-state index contributed by atoms with van der Waals surface area (Å²) in [5, 5.41) is 10.3. The summed E-state index contributed by atoms with van der Waals surface area (Å²) in [7, 11) is 1.65. The average Bonchev–Trinajstić information content (AvgIpc) is 2.90. The molecule has 1 atom stereocenters. The van der Waals surface area contributed by atoms with Crippen LogP contribution in [-0.4, -0.2) is 53.2 Å². The van der Waals surface area contributed by atoms with Crippen LogP contribution in [0.5, 0.6) is 0 Å². The molecule has 19 heavy (non-hydrogen) atoms. The fourth-order valence-corrected chi connectivity index (χ4v) is 2.29. The van der Waals surface area contributed by atoms with Gasteiger partial charge in [0.05, 0.1) is 0 Å². The van der Waals surface area contributed by atoms with E-state index in [4.69, 9.17) is 0 Å². The number of anilines is 1. The van der Waals surface area contributed by atoms with Crippen molar-refractivity contribution in [2.75, 3.05) is 31.6 Å². The van der Waals surface area contributed by atoms with Gasteiger partial charge >= 0.3 is 0 Å². The van der Waals surface area contributed by atoms with E-state index in [0.29, 0.717) is 12.5 Å². The molecule has 0 saturated carbocycles. The Balaban J connectivity index is 1.95. The number of hydrogen-bond acceptors (Lipinski definition) is 5. The van der Waals surface area contributed by atoms with Gasteiger partial charge in [-0.05, 0) is 12.1 Å². The van der Waals surface area contributed by atoms with Crippen LogP contribution in [0.15, 0.2) is 24.4 Å². The van der Waals surface area contributed by atoms with Crippen LogP contribution >= 0.6 is 0 Å². The summed E-state index contributed by atoms with van der Waals surface area (Å²) in [5.74, 6) is 0.576. The lowest BCUT2D eigenvalue weighted by molar-refractivity contribution is -0.122. The van der Waals surface area contributed by atoms with Gasteiger partial charge in [-0.25, -0.2) is 4.52 Å². The van der Waals surface area contributed by atoms with E-state index >= 15 is 0 Å². The van der Waals surface area contributed by atoms with Gasteiger partial charge in [-0.1, -0.05) is 6.07 Å². The fraction of sp³-hybridized carbons (Fsp3) is 0.417. The van der Waals surface area contributed by atoms with E-state index in [9.17, 15) is 4.79 Å². The normalized spacial score (nSPS) is 19.6. The summed E-state index contributed by atoms with van der Waals surface area (Å²) >= 11 is 0. The monoisotopic (exact) mass is 260 g/mol. The summed E-state index contributed by atoms with van der Waals surface area (Å²) < 4.78 is 1.72. The molecule has 0 aromatic carbocycles. The Labute approximate surface area is 110 Å². The van der Waals surface area contributed by atoms with Gasteiger partial charge in [0.25, 0.3) is 0 Å². The second-order valence-corrected chi connectivity index (χ2v) is 4.44. The molecule has 1 amide bonds. The van der Waals surface area contributed by atoms with Crippen LogP contribution in [0.3, 0.4) is 0 Å². The van der Waals surface area contributed by atoms with E-state index in [1.165, 1.54) is 0 Å². The second-order valence-electron chi connectivity index (χ2n) is 4.44. The van der Waals surface area contributed by atoms with Crippen molar-refractivity contribution < 1.29 is 4.79 Å². The fourth-order valence-electron chi connectivity index (χ4n) is 2.29. The number of aromatic nitrogens is 3. The number of pyridine rings is 1. The number of hydrogen-bond donors (Lipinski definition) is 2. The van der Waals surface area contributed by atoms with Crippen molar-refractivity contribution in [1.29, 1.82) is 0 Å². The summed E-state index contributed by atoms with van der Waals surface area (Å²) in [6.45, 7) is 2.15. The lowest BCUT2D eigenvalue weighted by Crippen LogP contribution is -2.58. The van der Waals surface area contributed by atoms with E-state index in [0.717, 1.165) is 18.7 Å². The number of amides is 1. The number of rotatable bonds is 2. The summed E-state index contributed by atoms with van der Waals surface area (Å²) in [6, 6.07) is 5.45. The van der Waals surface area contributed by atoms with Gasteiger partial charge in [-0.15, -0.1) is 5.10 Å². The Kier molecular flexibility index (Phi) is 3.04. The molecular formula is C12H16N6O. The first-order valence-electron chi connectivity index (χ1n) is 6.30.